The van der Waals surface area contributed by atoms with E-state index in [-0.39, 0.29) is 11.8 Å². The lowest BCUT2D eigenvalue weighted by Crippen LogP contribution is -2.17. The van der Waals surface area contributed by atoms with Crippen LogP contribution in [0.4, 0.5) is 5.13 Å². The SMILES string of the molecule is CC(=O)NCc1ccc(-c2csc(NC(=O)CC3CCCC3)n2)s1. The Labute approximate surface area is 149 Å². The van der Waals surface area contributed by atoms with Crippen molar-refractivity contribution in [2.75, 3.05) is 5.32 Å². The van der Waals surface area contributed by atoms with Crippen molar-refractivity contribution in [3.63, 3.8) is 0 Å². The molecule has 1 fully saturated rings. The first-order valence-electron chi connectivity index (χ1n) is 8.19. The van der Waals surface area contributed by atoms with Crippen molar-refractivity contribution in [2.24, 2.45) is 5.92 Å². The lowest BCUT2D eigenvalue weighted by atomic mass is 10.0. The van der Waals surface area contributed by atoms with E-state index in [0.717, 1.165) is 15.4 Å². The van der Waals surface area contributed by atoms with Crippen molar-refractivity contribution in [1.29, 1.82) is 0 Å². The van der Waals surface area contributed by atoms with Gasteiger partial charge in [-0.25, -0.2) is 4.98 Å². The van der Waals surface area contributed by atoms with E-state index in [1.165, 1.54) is 43.9 Å². The number of aromatic nitrogens is 1. The van der Waals surface area contributed by atoms with E-state index in [9.17, 15) is 9.59 Å². The van der Waals surface area contributed by atoms with Crippen LogP contribution in [0.5, 0.6) is 0 Å². The van der Waals surface area contributed by atoms with E-state index >= 15 is 0 Å². The van der Waals surface area contributed by atoms with Gasteiger partial charge in [0.05, 0.1) is 17.1 Å². The van der Waals surface area contributed by atoms with Gasteiger partial charge in [0.2, 0.25) is 11.8 Å². The Morgan fingerprint density at radius 1 is 1.29 bits per heavy atom. The molecule has 2 N–H and O–H groups in total. The van der Waals surface area contributed by atoms with Gasteiger partial charge < -0.3 is 10.6 Å². The molecule has 5 nitrogen and oxygen atoms in total. The lowest BCUT2D eigenvalue weighted by molar-refractivity contribution is -0.119. The molecule has 0 unspecified atom stereocenters. The summed E-state index contributed by atoms with van der Waals surface area (Å²) in [5.41, 5.74) is 0.871. The second kappa shape index (κ2) is 7.90. The van der Waals surface area contributed by atoms with Gasteiger partial charge >= 0.3 is 0 Å². The van der Waals surface area contributed by atoms with Crippen LogP contribution in [-0.4, -0.2) is 16.8 Å². The van der Waals surface area contributed by atoms with Crippen LogP contribution < -0.4 is 10.6 Å². The molecule has 0 aliphatic heterocycles. The minimum absolute atomic E-state index is 0.0362. The fraction of sp³-hybridized carbons (Fsp3) is 0.471. The summed E-state index contributed by atoms with van der Waals surface area (Å²) in [5.74, 6) is 0.573. The Morgan fingerprint density at radius 3 is 2.83 bits per heavy atom. The molecule has 128 valence electrons. The molecule has 0 bridgehead atoms. The average Bonchev–Trinajstić information content (AvgIpc) is 3.26. The second-order valence-electron chi connectivity index (χ2n) is 6.12. The zero-order valence-electron chi connectivity index (χ0n) is 13.6. The summed E-state index contributed by atoms with van der Waals surface area (Å²) in [7, 11) is 0. The summed E-state index contributed by atoms with van der Waals surface area (Å²) >= 11 is 3.06. The molecule has 2 aromatic heterocycles. The van der Waals surface area contributed by atoms with Crippen molar-refractivity contribution in [1.82, 2.24) is 10.3 Å². The van der Waals surface area contributed by atoms with E-state index < -0.39 is 0 Å². The highest BCUT2D eigenvalue weighted by atomic mass is 32.1. The number of rotatable bonds is 6. The number of amides is 2. The quantitative estimate of drug-likeness (QED) is 0.814. The van der Waals surface area contributed by atoms with Gasteiger partial charge in [0.1, 0.15) is 0 Å². The van der Waals surface area contributed by atoms with Gasteiger partial charge in [-0.15, -0.1) is 22.7 Å². The van der Waals surface area contributed by atoms with E-state index in [1.54, 1.807) is 11.3 Å². The molecule has 1 saturated carbocycles. The van der Waals surface area contributed by atoms with E-state index in [0.29, 0.717) is 24.0 Å². The summed E-state index contributed by atoms with van der Waals surface area (Å²) in [6.45, 7) is 2.05. The summed E-state index contributed by atoms with van der Waals surface area (Å²) in [6, 6.07) is 3.99. The van der Waals surface area contributed by atoms with Crippen LogP contribution in [0.25, 0.3) is 10.6 Å². The minimum atomic E-state index is -0.0362. The van der Waals surface area contributed by atoms with E-state index in [2.05, 4.69) is 15.6 Å². The topological polar surface area (TPSA) is 71.1 Å². The Hall–Kier alpha value is -1.73. The fourth-order valence-corrected chi connectivity index (χ4v) is 4.62. The molecular formula is C17H21N3O2S2. The first kappa shape index (κ1) is 17.1. The van der Waals surface area contributed by atoms with Crippen molar-refractivity contribution in [3.8, 4) is 10.6 Å². The summed E-state index contributed by atoms with van der Waals surface area (Å²) < 4.78 is 0. The molecule has 1 aliphatic carbocycles. The maximum atomic E-state index is 12.1. The van der Waals surface area contributed by atoms with Crippen LogP contribution in [0.15, 0.2) is 17.5 Å². The number of hydrogen-bond acceptors (Lipinski definition) is 5. The molecule has 7 heteroatoms. The predicted molar refractivity (Wildman–Crippen MR) is 98.2 cm³/mol. The minimum Gasteiger partial charge on any atom is -0.351 e. The molecule has 24 heavy (non-hydrogen) atoms. The summed E-state index contributed by atoms with van der Waals surface area (Å²) in [5, 5.41) is 8.33. The number of carbonyl (C=O) groups is 2. The Morgan fingerprint density at radius 2 is 2.08 bits per heavy atom. The third kappa shape index (κ3) is 4.64. The summed E-state index contributed by atoms with van der Waals surface area (Å²) in [4.78, 5) is 29.7. The molecule has 0 radical (unpaired) electrons. The number of carbonyl (C=O) groups excluding carboxylic acids is 2. The number of thiophene rings is 1. The number of thiazole rings is 1. The zero-order chi connectivity index (χ0) is 16.9. The number of nitrogens with one attached hydrogen (secondary N) is 2. The zero-order valence-corrected chi connectivity index (χ0v) is 15.3. The van der Waals surface area contributed by atoms with E-state index in [1.807, 2.05) is 17.5 Å². The van der Waals surface area contributed by atoms with Crippen molar-refractivity contribution in [3.05, 3.63) is 22.4 Å². The second-order valence-corrected chi connectivity index (χ2v) is 8.14. The maximum Gasteiger partial charge on any atom is 0.226 e. The van der Waals surface area contributed by atoms with Crippen LogP contribution in [-0.2, 0) is 16.1 Å². The average molecular weight is 364 g/mol. The van der Waals surface area contributed by atoms with Gasteiger partial charge in [-0.1, -0.05) is 12.8 Å². The van der Waals surface area contributed by atoms with Gasteiger partial charge in [0.15, 0.2) is 5.13 Å². The van der Waals surface area contributed by atoms with Crippen molar-refractivity contribution in [2.45, 2.75) is 45.6 Å². The van der Waals surface area contributed by atoms with Gasteiger partial charge in [-0.2, -0.15) is 0 Å². The highest BCUT2D eigenvalue weighted by Crippen LogP contribution is 2.31. The molecule has 0 atom stereocenters. The molecule has 3 rings (SSSR count). The number of nitrogens with zero attached hydrogens (tertiary/aromatic N) is 1. The third-order valence-electron chi connectivity index (χ3n) is 4.13. The smallest absolute Gasteiger partial charge is 0.226 e. The molecule has 2 amide bonds. The molecule has 2 aromatic rings. The summed E-state index contributed by atoms with van der Waals surface area (Å²) in [6.07, 6.45) is 5.44. The van der Waals surface area contributed by atoms with Gasteiger partial charge in [-0.3, -0.25) is 9.59 Å². The van der Waals surface area contributed by atoms with Gasteiger partial charge in [0, 0.05) is 23.6 Å². The van der Waals surface area contributed by atoms with Gasteiger partial charge in [0.25, 0.3) is 0 Å². The largest absolute Gasteiger partial charge is 0.351 e. The van der Waals surface area contributed by atoms with Crippen molar-refractivity contribution >= 4 is 39.6 Å². The van der Waals surface area contributed by atoms with Gasteiger partial charge in [-0.05, 0) is 30.9 Å². The molecular weight excluding hydrogens is 342 g/mol. The highest BCUT2D eigenvalue weighted by molar-refractivity contribution is 7.17. The predicted octanol–water partition coefficient (Wildman–Crippen LogP) is 4.03. The molecule has 0 aromatic carbocycles. The van der Waals surface area contributed by atoms with Crippen LogP contribution in [0.2, 0.25) is 0 Å². The normalized spacial score (nSPS) is 14.7. The van der Waals surface area contributed by atoms with Crippen LogP contribution in [0, 0.1) is 5.92 Å². The monoisotopic (exact) mass is 363 g/mol. The Bertz CT molecular complexity index is 717. The van der Waals surface area contributed by atoms with Crippen molar-refractivity contribution < 1.29 is 9.59 Å². The molecule has 2 heterocycles. The van der Waals surface area contributed by atoms with Crippen LogP contribution in [0.1, 0.15) is 43.9 Å². The Kier molecular flexibility index (Phi) is 5.63. The van der Waals surface area contributed by atoms with E-state index in [4.69, 9.17) is 0 Å². The fourth-order valence-electron chi connectivity index (χ4n) is 2.91. The first-order chi connectivity index (χ1) is 11.6. The molecule has 1 aliphatic rings. The number of hydrogen-bond donors (Lipinski definition) is 2. The van der Waals surface area contributed by atoms with Crippen LogP contribution in [0.3, 0.4) is 0 Å². The Balaban J connectivity index is 1.56. The third-order valence-corrected chi connectivity index (χ3v) is 5.99. The number of anilines is 1. The molecule has 0 spiro atoms. The standard InChI is InChI=1S/C17H21N3O2S2/c1-11(21)18-9-13-6-7-15(24-13)14-10-23-17(19-14)20-16(22)8-12-4-2-3-5-12/h6-7,10,12H,2-5,8-9H2,1H3,(H,18,21)(H,19,20,22). The maximum absolute atomic E-state index is 12.1. The lowest BCUT2D eigenvalue weighted by Gasteiger charge is -2.07. The molecule has 0 saturated heterocycles. The van der Waals surface area contributed by atoms with Crippen LogP contribution >= 0.6 is 22.7 Å². The first-order valence-corrected chi connectivity index (χ1v) is 9.88. The highest BCUT2D eigenvalue weighted by Gasteiger charge is 2.19.